The second-order valence-corrected chi connectivity index (χ2v) is 12.8. The largest absolute Gasteiger partial charge is 0.394 e. The number of nitrogens with one attached hydrogen (secondary N) is 1. The third-order valence-electron chi connectivity index (χ3n) is 8.63. The van der Waals surface area contributed by atoms with Crippen LogP contribution in [0.2, 0.25) is 0 Å². The van der Waals surface area contributed by atoms with Gasteiger partial charge in [-0.25, -0.2) is 0 Å². The molecule has 5 heteroatoms. The number of unbranched alkanes of at least 4 members (excludes halogenated alkanes) is 25. The minimum atomic E-state index is -1.09. The summed E-state index contributed by atoms with van der Waals surface area (Å²) in [5.41, 5.74) is 0. The third-order valence-corrected chi connectivity index (χ3v) is 8.63. The van der Waals surface area contributed by atoms with Crippen LogP contribution >= 0.6 is 0 Å². The van der Waals surface area contributed by atoms with Crippen LogP contribution in [-0.2, 0) is 4.79 Å². The van der Waals surface area contributed by atoms with Crippen molar-refractivity contribution < 1.29 is 20.1 Å². The van der Waals surface area contributed by atoms with E-state index >= 15 is 0 Å². The first-order valence-corrected chi connectivity index (χ1v) is 18.5. The van der Waals surface area contributed by atoms with E-state index in [1.54, 1.807) is 6.08 Å². The molecule has 0 aromatic heterocycles. The summed E-state index contributed by atoms with van der Waals surface area (Å²) in [4.78, 5) is 12.4. The molecule has 0 aromatic carbocycles. The second kappa shape index (κ2) is 33.0. The van der Waals surface area contributed by atoms with Gasteiger partial charge in [-0.05, 0) is 19.3 Å². The highest BCUT2D eigenvalue weighted by molar-refractivity contribution is 5.80. The summed E-state index contributed by atoms with van der Waals surface area (Å²) < 4.78 is 0. The van der Waals surface area contributed by atoms with Gasteiger partial charge in [0, 0.05) is 0 Å². The Kier molecular flexibility index (Phi) is 32.3. The zero-order valence-electron chi connectivity index (χ0n) is 28.1. The van der Waals surface area contributed by atoms with Gasteiger partial charge in [-0.3, -0.25) is 4.79 Å². The maximum absolute atomic E-state index is 12.4. The van der Waals surface area contributed by atoms with Crippen LogP contribution in [0.4, 0.5) is 0 Å². The van der Waals surface area contributed by atoms with E-state index in [9.17, 15) is 20.1 Å². The highest BCUT2D eigenvalue weighted by Crippen LogP contribution is 2.15. The molecule has 3 atom stereocenters. The molecule has 4 N–H and O–H groups in total. The molecular formula is C37H73NO4. The number of carbonyl (C=O) groups excluding carboxylic acids is 1. The molecule has 0 aliphatic heterocycles. The van der Waals surface area contributed by atoms with Gasteiger partial charge in [0.2, 0.25) is 5.91 Å². The Labute approximate surface area is 261 Å². The molecule has 0 saturated heterocycles. The van der Waals surface area contributed by atoms with Gasteiger partial charge in [0.25, 0.3) is 0 Å². The van der Waals surface area contributed by atoms with E-state index < -0.39 is 24.2 Å². The number of allylic oxidation sites excluding steroid dienone is 1. The highest BCUT2D eigenvalue weighted by atomic mass is 16.3. The molecule has 1 unspecified atom stereocenters. The summed E-state index contributed by atoms with van der Waals surface area (Å²) in [5, 5.41) is 32.9. The molecule has 0 aliphatic rings. The van der Waals surface area contributed by atoms with Crippen LogP contribution in [-0.4, -0.2) is 46.1 Å². The lowest BCUT2D eigenvalue weighted by Crippen LogP contribution is -2.48. The monoisotopic (exact) mass is 596 g/mol. The Morgan fingerprint density at radius 3 is 1.31 bits per heavy atom. The first-order chi connectivity index (χ1) is 20.6. The zero-order valence-corrected chi connectivity index (χ0v) is 28.1. The summed E-state index contributed by atoms with van der Waals surface area (Å²) >= 11 is 0. The van der Waals surface area contributed by atoms with Crippen LogP contribution in [0.1, 0.15) is 194 Å². The Balaban J connectivity index is 3.72. The first kappa shape index (κ1) is 41.1. The summed E-state index contributed by atoms with van der Waals surface area (Å²) in [6.07, 6.45) is 36.5. The molecule has 0 aromatic rings. The van der Waals surface area contributed by atoms with Crippen LogP contribution in [0.5, 0.6) is 0 Å². The van der Waals surface area contributed by atoms with Crippen molar-refractivity contribution in [2.75, 3.05) is 6.61 Å². The van der Waals surface area contributed by atoms with Crippen molar-refractivity contribution in [3.63, 3.8) is 0 Å². The lowest BCUT2D eigenvalue weighted by Gasteiger charge is -2.21. The van der Waals surface area contributed by atoms with Crippen molar-refractivity contribution in [1.82, 2.24) is 5.32 Å². The Morgan fingerprint density at radius 2 is 0.929 bits per heavy atom. The molecule has 1 amide bonds. The number of amides is 1. The quantitative estimate of drug-likeness (QED) is 0.0449. The number of hydrogen-bond donors (Lipinski definition) is 4. The summed E-state index contributed by atoms with van der Waals surface area (Å²) in [7, 11) is 0. The maximum atomic E-state index is 12.4. The summed E-state index contributed by atoms with van der Waals surface area (Å²) in [5.74, 6) is -0.503. The van der Waals surface area contributed by atoms with E-state index in [-0.39, 0.29) is 6.61 Å². The van der Waals surface area contributed by atoms with Gasteiger partial charge in [-0.1, -0.05) is 187 Å². The number of aliphatic hydroxyl groups excluding tert-OH is 3. The van der Waals surface area contributed by atoms with E-state index in [0.29, 0.717) is 6.42 Å². The van der Waals surface area contributed by atoms with Gasteiger partial charge in [0.15, 0.2) is 0 Å². The summed E-state index contributed by atoms with van der Waals surface area (Å²) in [6, 6.07) is -0.790. The van der Waals surface area contributed by atoms with E-state index in [0.717, 1.165) is 32.1 Å². The minimum absolute atomic E-state index is 0.360. The molecule has 0 fully saturated rings. The molecule has 0 aliphatic carbocycles. The van der Waals surface area contributed by atoms with Gasteiger partial charge >= 0.3 is 0 Å². The SMILES string of the molecule is CCCCCCCCCCCCC/C=C/[C@@H](O)[C@H](CO)NC(=O)C(O)CCCCCCCCCCCCCCCCC. The highest BCUT2D eigenvalue weighted by Gasteiger charge is 2.22. The molecule has 0 saturated carbocycles. The van der Waals surface area contributed by atoms with Crippen molar-refractivity contribution in [3.8, 4) is 0 Å². The van der Waals surface area contributed by atoms with Gasteiger partial charge in [0.05, 0.1) is 18.8 Å². The molecular weight excluding hydrogens is 522 g/mol. The van der Waals surface area contributed by atoms with Crippen molar-refractivity contribution >= 4 is 5.91 Å². The van der Waals surface area contributed by atoms with E-state index in [1.807, 2.05) is 6.08 Å². The number of hydrogen-bond acceptors (Lipinski definition) is 4. The van der Waals surface area contributed by atoms with Crippen molar-refractivity contribution in [3.05, 3.63) is 12.2 Å². The van der Waals surface area contributed by atoms with Crippen LogP contribution in [0.3, 0.4) is 0 Å². The molecule has 250 valence electrons. The van der Waals surface area contributed by atoms with Crippen LogP contribution in [0.15, 0.2) is 12.2 Å². The Morgan fingerprint density at radius 1 is 0.571 bits per heavy atom. The van der Waals surface area contributed by atoms with E-state index in [1.165, 1.54) is 141 Å². The van der Waals surface area contributed by atoms with E-state index in [2.05, 4.69) is 19.2 Å². The Hall–Kier alpha value is -0.910. The van der Waals surface area contributed by atoms with Crippen molar-refractivity contribution in [1.29, 1.82) is 0 Å². The number of rotatable bonds is 33. The average molecular weight is 596 g/mol. The molecule has 5 nitrogen and oxygen atoms in total. The topological polar surface area (TPSA) is 89.8 Å². The smallest absolute Gasteiger partial charge is 0.249 e. The van der Waals surface area contributed by atoms with Crippen LogP contribution < -0.4 is 5.32 Å². The molecule has 0 bridgehead atoms. The first-order valence-electron chi connectivity index (χ1n) is 18.5. The fourth-order valence-corrected chi connectivity index (χ4v) is 5.65. The second-order valence-electron chi connectivity index (χ2n) is 12.8. The van der Waals surface area contributed by atoms with Gasteiger partial charge in [0.1, 0.15) is 6.10 Å². The van der Waals surface area contributed by atoms with Gasteiger partial charge in [-0.15, -0.1) is 0 Å². The lowest BCUT2D eigenvalue weighted by molar-refractivity contribution is -0.131. The average Bonchev–Trinajstić information content (AvgIpc) is 2.99. The molecule has 0 radical (unpaired) electrons. The van der Waals surface area contributed by atoms with Crippen molar-refractivity contribution in [2.24, 2.45) is 0 Å². The molecule has 0 heterocycles. The normalized spacial score (nSPS) is 13.9. The Bertz CT molecular complexity index is 582. The standard InChI is InChI=1S/C37H73NO4/c1-3-5-7-9-11-13-15-17-18-20-22-24-26-28-30-32-36(41)37(42)38-34(33-39)35(40)31-29-27-25-23-21-19-16-14-12-10-8-6-4-2/h29,31,34-36,39-41H,3-28,30,32-33H2,1-2H3,(H,38,42)/b31-29+/t34-,35+,36?/m0/s1. The van der Waals surface area contributed by atoms with Gasteiger partial charge < -0.3 is 20.6 Å². The fraction of sp³-hybridized carbons (Fsp3) is 0.919. The number of aliphatic hydroxyl groups is 3. The maximum Gasteiger partial charge on any atom is 0.249 e. The van der Waals surface area contributed by atoms with E-state index in [4.69, 9.17) is 0 Å². The van der Waals surface area contributed by atoms with Crippen LogP contribution in [0.25, 0.3) is 0 Å². The predicted molar refractivity (Wildman–Crippen MR) is 181 cm³/mol. The summed E-state index contributed by atoms with van der Waals surface area (Å²) in [6.45, 7) is 4.16. The minimum Gasteiger partial charge on any atom is -0.394 e. The van der Waals surface area contributed by atoms with Crippen LogP contribution in [0, 0.1) is 0 Å². The van der Waals surface area contributed by atoms with Crippen molar-refractivity contribution in [2.45, 2.75) is 212 Å². The fourth-order valence-electron chi connectivity index (χ4n) is 5.65. The lowest BCUT2D eigenvalue weighted by atomic mass is 10.0. The predicted octanol–water partition coefficient (Wildman–Crippen LogP) is 9.70. The zero-order chi connectivity index (χ0) is 30.9. The molecule has 42 heavy (non-hydrogen) atoms. The number of carbonyl (C=O) groups is 1. The van der Waals surface area contributed by atoms with Gasteiger partial charge in [-0.2, -0.15) is 0 Å². The molecule has 0 rings (SSSR count). The molecule has 0 spiro atoms. The third kappa shape index (κ3) is 27.9.